The molecule has 1 aromatic carbocycles. The van der Waals surface area contributed by atoms with Gasteiger partial charge in [0, 0.05) is 24.5 Å². The summed E-state index contributed by atoms with van der Waals surface area (Å²) in [5.41, 5.74) is 1.44. The van der Waals surface area contributed by atoms with E-state index in [1.807, 2.05) is 17.0 Å². The van der Waals surface area contributed by atoms with E-state index in [-0.39, 0.29) is 24.4 Å². The van der Waals surface area contributed by atoms with Crippen LogP contribution in [-0.2, 0) is 4.79 Å². The molecule has 2 aromatic rings. The van der Waals surface area contributed by atoms with E-state index in [4.69, 9.17) is 23.2 Å². The Labute approximate surface area is 155 Å². The van der Waals surface area contributed by atoms with Crippen molar-refractivity contribution in [3.05, 3.63) is 63.9 Å². The fraction of sp³-hybridized carbons (Fsp3) is 0.278. The highest BCUT2D eigenvalue weighted by Crippen LogP contribution is 2.31. The van der Waals surface area contributed by atoms with Gasteiger partial charge in [-0.15, -0.1) is 0 Å². The first kappa shape index (κ1) is 17.7. The number of nitrogens with one attached hydrogen (secondary N) is 1. The molecule has 5 nitrogen and oxygen atoms in total. The van der Waals surface area contributed by atoms with Crippen molar-refractivity contribution in [1.82, 2.24) is 15.2 Å². The van der Waals surface area contributed by atoms with Gasteiger partial charge in [-0.1, -0.05) is 23.2 Å². The van der Waals surface area contributed by atoms with Crippen molar-refractivity contribution in [1.29, 1.82) is 0 Å². The first-order chi connectivity index (χ1) is 12.1. The summed E-state index contributed by atoms with van der Waals surface area (Å²) >= 11 is 11.8. The Balaban J connectivity index is 1.62. The lowest BCUT2D eigenvalue weighted by Gasteiger charge is -2.25. The van der Waals surface area contributed by atoms with Gasteiger partial charge < -0.3 is 10.2 Å². The summed E-state index contributed by atoms with van der Waals surface area (Å²) in [4.78, 5) is 30.5. The van der Waals surface area contributed by atoms with E-state index < -0.39 is 0 Å². The van der Waals surface area contributed by atoms with Gasteiger partial charge in [-0.25, -0.2) is 0 Å². The highest BCUT2D eigenvalue weighted by molar-refractivity contribution is 6.42. The first-order valence-corrected chi connectivity index (χ1v) is 8.74. The number of aromatic nitrogens is 1. The molecule has 0 spiro atoms. The number of hydrogen-bond donors (Lipinski definition) is 1. The zero-order valence-electron chi connectivity index (χ0n) is 13.4. The molecule has 2 heterocycles. The third-order valence-electron chi connectivity index (χ3n) is 4.25. The van der Waals surface area contributed by atoms with Crippen molar-refractivity contribution < 1.29 is 9.59 Å². The molecule has 1 aliphatic rings. The maximum absolute atomic E-state index is 12.5. The van der Waals surface area contributed by atoms with Crippen LogP contribution in [0.1, 0.15) is 34.8 Å². The van der Waals surface area contributed by atoms with E-state index in [2.05, 4.69) is 10.3 Å². The van der Waals surface area contributed by atoms with Crippen LogP contribution in [0.25, 0.3) is 0 Å². The zero-order chi connectivity index (χ0) is 17.8. The number of carbonyl (C=O) groups is 2. The smallest absolute Gasteiger partial charge is 0.251 e. The zero-order valence-corrected chi connectivity index (χ0v) is 14.9. The number of benzene rings is 1. The number of rotatable bonds is 4. The molecule has 3 rings (SSSR count). The second-order valence-corrected chi connectivity index (χ2v) is 6.65. The van der Waals surface area contributed by atoms with Gasteiger partial charge in [-0.05, 0) is 48.7 Å². The van der Waals surface area contributed by atoms with Gasteiger partial charge in [0.15, 0.2) is 0 Å². The predicted molar refractivity (Wildman–Crippen MR) is 96.7 cm³/mol. The van der Waals surface area contributed by atoms with Gasteiger partial charge in [0.05, 0.1) is 22.6 Å². The highest BCUT2D eigenvalue weighted by atomic mass is 35.5. The average Bonchev–Trinajstić information content (AvgIpc) is 3.12. The maximum Gasteiger partial charge on any atom is 0.251 e. The summed E-state index contributed by atoms with van der Waals surface area (Å²) in [5.74, 6) is -0.459. The Morgan fingerprint density at radius 2 is 1.92 bits per heavy atom. The van der Waals surface area contributed by atoms with Gasteiger partial charge >= 0.3 is 0 Å². The van der Waals surface area contributed by atoms with Crippen molar-refractivity contribution in [3.63, 3.8) is 0 Å². The van der Waals surface area contributed by atoms with Crippen LogP contribution in [0.3, 0.4) is 0 Å². The maximum atomic E-state index is 12.5. The molecule has 1 aliphatic heterocycles. The molecule has 2 amide bonds. The molecule has 25 heavy (non-hydrogen) atoms. The second kappa shape index (κ2) is 7.85. The number of likely N-dealkylation sites (tertiary alicyclic amines) is 1. The monoisotopic (exact) mass is 377 g/mol. The molecule has 130 valence electrons. The van der Waals surface area contributed by atoms with Crippen LogP contribution >= 0.6 is 23.2 Å². The van der Waals surface area contributed by atoms with Crippen LogP contribution in [0, 0.1) is 0 Å². The van der Waals surface area contributed by atoms with E-state index in [0.717, 1.165) is 18.4 Å². The molecular weight excluding hydrogens is 361 g/mol. The summed E-state index contributed by atoms with van der Waals surface area (Å²) in [6, 6.07) is 8.50. The van der Waals surface area contributed by atoms with Crippen molar-refractivity contribution in [3.8, 4) is 0 Å². The van der Waals surface area contributed by atoms with E-state index in [1.165, 1.54) is 6.07 Å². The number of carbonyl (C=O) groups excluding carboxylic acids is 2. The standard InChI is InChI=1S/C18H17Cl2N3O2/c19-14-4-3-13(10-15(14)20)18(25)22-11-17(24)23-9-1-2-16(23)12-5-7-21-8-6-12/h3-8,10,16H,1-2,9,11H2,(H,22,25)/t16-/m1/s1. The van der Waals surface area contributed by atoms with E-state index in [9.17, 15) is 9.59 Å². The Hall–Kier alpha value is -2.11. The molecule has 7 heteroatoms. The minimum atomic E-state index is -0.355. The molecule has 1 fully saturated rings. The van der Waals surface area contributed by atoms with Crippen molar-refractivity contribution in [2.75, 3.05) is 13.1 Å². The van der Waals surface area contributed by atoms with E-state index in [0.29, 0.717) is 22.2 Å². The van der Waals surface area contributed by atoms with Gasteiger partial charge in [0.2, 0.25) is 5.91 Å². The van der Waals surface area contributed by atoms with Crippen LogP contribution < -0.4 is 5.32 Å². The predicted octanol–water partition coefficient (Wildman–Crippen LogP) is 3.48. The van der Waals surface area contributed by atoms with E-state index in [1.54, 1.807) is 24.5 Å². The minimum Gasteiger partial charge on any atom is -0.343 e. The van der Waals surface area contributed by atoms with Gasteiger partial charge in [0.25, 0.3) is 5.91 Å². The summed E-state index contributed by atoms with van der Waals surface area (Å²) in [5, 5.41) is 3.33. The number of halogens is 2. The van der Waals surface area contributed by atoms with Crippen LogP contribution in [-0.4, -0.2) is 34.8 Å². The number of amides is 2. The lowest BCUT2D eigenvalue weighted by Crippen LogP contribution is -2.39. The molecule has 0 unspecified atom stereocenters. The SMILES string of the molecule is O=C(NCC(=O)N1CCC[C@@H]1c1ccncc1)c1ccc(Cl)c(Cl)c1. The summed E-state index contributed by atoms with van der Waals surface area (Å²) in [6.07, 6.45) is 5.31. The van der Waals surface area contributed by atoms with Crippen molar-refractivity contribution >= 4 is 35.0 Å². The Morgan fingerprint density at radius 1 is 1.16 bits per heavy atom. The van der Waals surface area contributed by atoms with E-state index >= 15 is 0 Å². The van der Waals surface area contributed by atoms with Crippen LogP contribution in [0.2, 0.25) is 10.0 Å². The fourth-order valence-corrected chi connectivity index (χ4v) is 3.29. The molecule has 0 bridgehead atoms. The molecule has 1 aromatic heterocycles. The average molecular weight is 378 g/mol. The van der Waals surface area contributed by atoms with Crippen LogP contribution in [0.4, 0.5) is 0 Å². The molecule has 0 saturated carbocycles. The lowest BCUT2D eigenvalue weighted by molar-refractivity contribution is -0.131. The highest BCUT2D eigenvalue weighted by Gasteiger charge is 2.29. The largest absolute Gasteiger partial charge is 0.343 e. The Bertz CT molecular complexity index is 783. The first-order valence-electron chi connectivity index (χ1n) is 7.99. The Kier molecular flexibility index (Phi) is 5.56. The van der Waals surface area contributed by atoms with Crippen LogP contribution in [0.5, 0.6) is 0 Å². The van der Waals surface area contributed by atoms with Crippen molar-refractivity contribution in [2.24, 2.45) is 0 Å². The quantitative estimate of drug-likeness (QED) is 0.886. The molecule has 1 saturated heterocycles. The second-order valence-electron chi connectivity index (χ2n) is 5.84. The van der Waals surface area contributed by atoms with Gasteiger partial charge in [0.1, 0.15) is 0 Å². The Morgan fingerprint density at radius 3 is 2.64 bits per heavy atom. The van der Waals surface area contributed by atoms with Crippen molar-refractivity contribution in [2.45, 2.75) is 18.9 Å². The normalized spacial score (nSPS) is 16.7. The van der Waals surface area contributed by atoms with Gasteiger partial charge in [-0.2, -0.15) is 0 Å². The number of hydrogen-bond acceptors (Lipinski definition) is 3. The minimum absolute atomic E-state index is 0.0392. The third kappa shape index (κ3) is 4.11. The number of nitrogens with zero attached hydrogens (tertiary/aromatic N) is 2. The van der Waals surface area contributed by atoms with Gasteiger partial charge in [-0.3, -0.25) is 14.6 Å². The summed E-state index contributed by atoms with van der Waals surface area (Å²) in [6.45, 7) is 0.634. The summed E-state index contributed by atoms with van der Waals surface area (Å²) in [7, 11) is 0. The molecular formula is C18H17Cl2N3O2. The molecule has 0 aliphatic carbocycles. The molecule has 0 radical (unpaired) electrons. The summed E-state index contributed by atoms with van der Waals surface area (Å²) < 4.78 is 0. The molecule has 1 N–H and O–H groups in total. The molecule has 1 atom stereocenters. The number of pyridine rings is 1. The topological polar surface area (TPSA) is 62.3 Å². The third-order valence-corrected chi connectivity index (χ3v) is 4.99. The van der Waals surface area contributed by atoms with Crippen LogP contribution in [0.15, 0.2) is 42.7 Å². The fourth-order valence-electron chi connectivity index (χ4n) is 2.99. The lowest BCUT2D eigenvalue weighted by atomic mass is 10.1.